The van der Waals surface area contributed by atoms with E-state index in [1.165, 1.54) is 6.07 Å². The maximum atomic E-state index is 16.2. The minimum absolute atomic E-state index is 0.0479. The van der Waals surface area contributed by atoms with Crippen molar-refractivity contribution in [2.75, 3.05) is 62.7 Å². The highest BCUT2D eigenvalue weighted by Gasteiger charge is 2.37. The second-order valence-electron chi connectivity index (χ2n) is 17.8. The molecule has 0 saturated carbocycles. The van der Waals surface area contributed by atoms with E-state index in [9.17, 15) is 14.6 Å². The number of benzene rings is 4. The molecule has 2 saturated heterocycles. The summed E-state index contributed by atoms with van der Waals surface area (Å²) in [6, 6.07) is 24.5. The molecule has 0 amide bonds. The number of phenolic OH excluding ortho intramolecular Hbond substituents is 1. The maximum Gasteiger partial charge on any atom is 0.160 e. The summed E-state index contributed by atoms with van der Waals surface area (Å²) in [4.78, 5) is 13.0. The number of hydrogen-bond donors (Lipinski definition) is 2. The lowest BCUT2D eigenvalue weighted by molar-refractivity contribution is -0.0173. The number of rotatable bonds is 8. The predicted molar refractivity (Wildman–Crippen MR) is 245 cm³/mol. The molecule has 10 nitrogen and oxygen atoms in total. The van der Waals surface area contributed by atoms with Gasteiger partial charge in [0.1, 0.15) is 40.5 Å². The van der Waals surface area contributed by atoms with Crippen LogP contribution in [0.15, 0.2) is 83.9 Å². The van der Waals surface area contributed by atoms with Crippen LogP contribution in [0.25, 0.3) is 5.00 Å². The number of aromatic nitrogens is 3. The van der Waals surface area contributed by atoms with E-state index in [1.807, 2.05) is 41.8 Å². The average molecular weight is 870 g/mol. The van der Waals surface area contributed by atoms with Gasteiger partial charge in [-0.15, -0.1) is 21.5 Å². The number of anilines is 2. The lowest BCUT2D eigenvalue weighted by Gasteiger charge is -2.44. The molecule has 3 aliphatic heterocycles. The van der Waals surface area contributed by atoms with Crippen molar-refractivity contribution in [3.05, 3.63) is 146 Å². The van der Waals surface area contributed by atoms with E-state index >= 15 is 4.39 Å². The van der Waals surface area contributed by atoms with Crippen LogP contribution in [-0.2, 0) is 13.0 Å². The maximum absolute atomic E-state index is 16.2. The summed E-state index contributed by atoms with van der Waals surface area (Å²) in [5.74, 6) is 2.01. The molecule has 1 aliphatic carbocycles. The van der Waals surface area contributed by atoms with E-state index in [2.05, 4.69) is 56.9 Å². The van der Waals surface area contributed by atoms with Gasteiger partial charge in [-0.2, -0.15) is 0 Å². The van der Waals surface area contributed by atoms with E-state index in [1.54, 1.807) is 42.7 Å². The molecule has 6 aromatic rings. The Labute approximate surface area is 371 Å². The van der Waals surface area contributed by atoms with Gasteiger partial charge >= 0.3 is 0 Å². The number of thiophene rings is 1. The fraction of sp³-hybridized carbons (Fsp3) is 0.380. The third-order valence-electron chi connectivity index (χ3n) is 14.0. The lowest BCUT2D eigenvalue weighted by atomic mass is 9.69. The number of nitrogens with zero attached hydrogens (tertiary/aromatic N) is 7. The summed E-state index contributed by atoms with van der Waals surface area (Å²) in [7, 11) is 1.71. The second-order valence-corrected chi connectivity index (χ2v) is 19.0. The zero-order valence-corrected chi connectivity index (χ0v) is 37.1. The summed E-state index contributed by atoms with van der Waals surface area (Å²) in [5.41, 5.74) is 8.46. The first-order valence-corrected chi connectivity index (χ1v) is 22.8. The lowest BCUT2D eigenvalue weighted by Crippen LogP contribution is -2.55. The molecule has 2 atom stereocenters. The molecular weight excluding hydrogens is 817 g/mol. The number of aliphatic hydroxyl groups is 1. The smallest absolute Gasteiger partial charge is 0.160 e. The van der Waals surface area contributed by atoms with Crippen LogP contribution >= 0.6 is 11.3 Å². The van der Waals surface area contributed by atoms with Crippen molar-refractivity contribution >= 4 is 28.4 Å². The molecule has 2 unspecified atom stereocenters. The average Bonchev–Trinajstić information content (AvgIpc) is 3.74. The van der Waals surface area contributed by atoms with Crippen LogP contribution in [0, 0.1) is 32.4 Å². The molecule has 2 aromatic heterocycles. The Balaban J connectivity index is 0.787. The van der Waals surface area contributed by atoms with Gasteiger partial charge in [0, 0.05) is 90.7 Å². The van der Waals surface area contributed by atoms with Gasteiger partial charge in [0.2, 0.25) is 0 Å². The Morgan fingerprint density at radius 3 is 2.35 bits per heavy atom. The number of phenols is 1. The minimum Gasteiger partial charge on any atom is -0.508 e. The number of aliphatic imine (C=N–C) groups is 1. The number of methoxy groups -OCH3 is 1. The summed E-state index contributed by atoms with van der Waals surface area (Å²) in [6.07, 6.45) is 2.82. The van der Waals surface area contributed by atoms with Gasteiger partial charge in [0.25, 0.3) is 0 Å². The monoisotopic (exact) mass is 869 g/mol. The van der Waals surface area contributed by atoms with Gasteiger partial charge in [-0.25, -0.2) is 8.78 Å². The van der Waals surface area contributed by atoms with Crippen molar-refractivity contribution in [1.82, 2.24) is 19.7 Å². The van der Waals surface area contributed by atoms with E-state index in [0.29, 0.717) is 50.3 Å². The normalized spacial score (nSPS) is 19.8. The molecule has 63 heavy (non-hydrogen) atoms. The number of fused-ring (bicyclic) bond motifs is 4. The first-order chi connectivity index (χ1) is 30.5. The molecule has 0 radical (unpaired) electrons. The van der Waals surface area contributed by atoms with Crippen molar-refractivity contribution in [1.29, 1.82) is 0 Å². The largest absolute Gasteiger partial charge is 0.508 e. The highest BCUT2D eigenvalue weighted by atomic mass is 32.1. The molecule has 2 fully saturated rings. The molecule has 4 aromatic carbocycles. The number of β-amino-alcohol motifs (C(OH)–C–C–N with tert-alkyl or cyclic N) is 1. The fourth-order valence-corrected chi connectivity index (χ4v) is 11.7. The van der Waals surface area contributed by atoms with Crippen LogP contribution in [0.2, 0.25) is 0 Å². The van der Waals surface area contributed by atoms with Crippen LogP contribution in [0.4, 0.5) is 20.2 Å². The number of halogens is 2. The Kier molecular flexibility index (Phi) is 10.8. The van der Waals surface area contributed by atoms with E-state index in [4.69, 9.17) is 9.73 Å². The van der Waals surface area contributed by atoms with Crippen molar-refractivity contribution in [2.24, 2.45) is 4.99 Å². The predicted octanol–water partition coefficient (Wildman–Crippen LogP) is 8.61. The highest BCUT2D eigenvalue weighted by molar-refractivity contribution is 7.15. The third kappa shape index (κ3) is 7.67. The van der Waals surface area contributed by atoms with Crippen LogP contribution in [-0.4, -0.2) is 94.1 Å². The molecule has 2 N–H and O–H groups in total. The quantitative estimate of drug-likeness (QED) is 0.157. The van der Waals surface area contributed by atoms with E-state index < -0.39 is 5.60 Å². The zero-order valence-electron chi connectivity index (χ0n) is 36.2. The molecule has 13 heteroatoms. The summed E-state index contributed by atoms with van der Waals surface area (Å²) in [6.45, 7) is 11.5. The molecule has 0 spiro atoms. The summed E-state index contributed by atoms with van der Waals surface area (Å²) >= 11 is 1.66. The van der Waals surface area contributed by atoms with E-state index in [0.717, 1.165) is 111 Å². The van der Waals surface area contributed by atoms with Crippen molar-refractivity contribution in [2.45, 2.75) is 70.4 Å². The van der Waals surface area contributed by atoms with Crippen molar-refractivity contribution in [3.63, 3.8) is 0 Å². The van der Waals surface area contributed by atoms with Gasteiger partial charge in [-0.05, 0) is 123 Å². The topological polar surface area (TPSA) is 102 Å². The first kappa shape index (κ1) is 41.4. The number of hydrogen-bond acceptors (Lipinski definition) is 10. The van der Waals surface area contributed by atoms with Crippen LogP contribution in [0.5, 0.6) is 11.5 Å². The Hall–Kier alpha value is -5.63. The standard InChI is InChI=1S/C50H53F2N7O3S/c1-30-31(2)63-49-46(30)48(53-28-45-55-54-32(3)59(45)49)41-13-9-36(26-43(41)52)57-18-16-50(61,17-19-57)29-56-20-22-58(23-21-56)37-10-14-42(44(27-37)62-4)47-39(33-6-5-7-35(51)24-33)12-8-34-25-38(60)11-15-40(34)47/h5-7,9-11,13-15,24-27,39,47,60-61H,8,12,16-23,28-29H2,1-4H3. The Morgan fingerprint density at radius 2 is 1.59 bits per heavy atom. The SMILES string of the molecule is COc1cc(N2CCN(CC3(O)CCN(c4ccc(C5=NCc6nnc(C)n6-c6sc(C)c(C)c65)c(F)c4)CC3)CC2)ccc1C1c2ccc(O)cc2CCC1c1cccc(F)c1. The van der Waals surface area contributed by atoms with Crippen LogP contribution in [0.1, 0.15) is 86.6 Å². The molecule has 5 heterocycles. The number of piperidine rings is 1. The number of piperazine rings is 1. The minimum atomic E-state index is -0.829. The van der Waals surface area contributed by atoms with Crippen LogP contribution in [0.3, 0.4) is 0 Å². The summed E-state index contributed by atoms with van der Waals surface area (Å²) < 4.78 is 38.8. The first-order valence-electron chi connectivity index (χ1n) is 22.0. The zero-order chi connectivity index (χ0) is 43.6. The number of aryl methyl sites for hydroxylation is 3. The number of ether oxygens (including phenoxy) is 1. The van der Waals surface area contributed by atoms with E-state index in [-0.39, 0.29) is 29.2 Å². The van der Waals surface area contributed by atoms with Gasteiger partial charge in [-0.3, -0.25) is 14.5 Å². The number of aromatic hydroxyl groups is 1. The van der Waals surface area contributed by atoms with Gasteiger partial charge in [0.05, 0.1) is 18.4 Å². The van der Waals surface area contributed by atoms with Gasteiger partial charge < -0.3 is 24.7 Å². The Bertz CT molecular complexity index is 2730. The molecule has 0 bridgehead atoms. The fourth-order valence-electron chi connectivity index (χ4n) is 10.5. The molecule has 326 valence electrons. The summed E-state index contributed by atoms with van der Waals surface area (Å²) in [5, 5.41) is 31.8. The highest BCUT2D eigenvalue weighted by Crippen LogP contribution is 2.50. The van der Waals surface area contributed by atoms with Gasteiger partial charge in [0.15, 0.2) is 5.82 Å². The Morgan fingerprint density at radius 1 is 0.841 bits per heavy atom. The molecular formula is C50H53F2N7O3S. The second kappa shape index (κ2) is 16.5. The van der Waals surface area contributed by atoms with Gasteiger partial charge in [-0.1, -0.05) is 24.3 Å². The third-order valence-corrected chi connectivity index (χ3v) is 15.2. The molecule has 10 rings (SSSR count). The van der Waals surface area contributed by atoms with Crippen LogP contribution < -0.4 is 14.5 Å². The molecule has 4 aliphatic rings. The van der Waals surface area contributed by atoms with Crippen molar-refractivity contribution in [3.8, 4) is 16.5 Å². The van der Waals surface area contributed by atoms with Crippen molar-refractivity contribution < 1.29 is 23.7 Å².